The number of hydrogen-bond donors (Lipinski definition) is 2. The fourth-order valence-corrected chi connectivity index (χ4v) is 4.81. The van der Waals surface area contributed by atoms with E-state index in [4.69, 9.17) is 16.3 Å². The topological polar surface area (TPSA) is 146 Å². The largest absolute Gasteiger partial charge is 0.496 e. The number of carbonyl (C=O) groups is 2. The van der Waals surface area contributed by atoms with Crippen molar-refractivity contribution in [2.45, 2.75) is 19.0 Å². The monoisotopic (exact) mass is 536 g/mol. The SMILES string of the molecule is COc1cccc(F)c1-c1c(Cl)cc2c(N3C[C@@H](C)N(C(=O)O)C[C@@H]3C(=O)O)c([N+](=O)[O-])cnc2c1F. The smallest absolute Gasteiger partial charge is 0.407 e. The lowest BCUT2D eigenvalue weighted by Crippen LogP contribution is -2.61. The van der Waals surface area contributed by atoms with E-state index in [-0.39, 0.29) is 34.0 Å². The van der Waals surface area contributed by atoms with Gasteiger partial charge in [-0.05, 0) is 25.1 Å². The summed E-state index contributed by atoms with van der Waals surface area (Å²) < 4.78 is 35.9. The molecular weight excluding hydrogens is 518 g/mol. The lowest BCUT2D eigenvalue weighted by molar-refractivity contribution is -0.384. The van der Waals surface area contributed by atoms with Crippen LogP contribution in [0.1, 0.15) is 6.92 Å². The number of hydrogen-bond acceptors (Lipinski definition) is 7. The highest BCUT2D eigenvalue weighted by molar-refractivity contribution is 6.34. The molecule has 0 spiro atoms. The first-order chi connectivity index (χ1) is 17.5. The summed E-state index contributed by atoms with van der Waals surface area (Å²) >= 11 is 6.40. The summed E-state index contributed by atoms with van der Waals surface area (Å²) in [7, 11) is 1.26. The fraction of sp³-hybridized carbons (Fsp3) is 0.261. The van der Waals surface area contributed by atoms with Crippen molar-refractivity contribution >= 4 is 45.9 Å². The molecule has 0 bridgehead atoms. The number of piperazine rings is 1. The van der Waals surface area contributed by atoms with Crippen LogP contribution in [-0.2, 0) is 4.79 Å². The summed E-state index contributed by atoms with van der Waals surface area (Å²) in [6, 6.07) is 2.67. The Bertz CT molecular complexity index is 1450. The molecule has 1 aliphatic heterocycles. The van der Waals surface area contributed by atoms with Gasteiger partial charge < -0.3 is 24.7 Å². The molecule has 2 atom stereocenters. The Morgan fingerprint density at radius 1 is 1.24 bits per heavy atom. The number of anilines is 1. The van der Waals surface area contributed by atoms with Gasteiger partial charge in [-0.2, -0.15) is 0 Å². The minimum absolute atomic E-state index is 0.0214. The summed E-state index contributed by atoms with van der Waals surface area (Å²) in [5.74, 6) is -3.42. The van der Waals surface area contributed by atoms with Gasteiger partial charge in [0.25, 0.3) is 0 Å². The first kappa shape index (κ1) is 25.8. The third kappa shape index (κ3) is 4.31. The number of benzene rings is 2. The molecule has 1 aliphatic rings. The molecule has 1 fully saturated rings. The highest BCUT2D eigenvalue weighted by Gasteiger charge is 2.42. The number of methoxy groups -OCH3 is 1. The molecule has 2 aromatic carbocycles. The molecule has 3 aromatic rings. The standard InChI is InChI=1S/C23H19ClF2N4O7/c1-10-8-29(15(22(31)32)9-28(10)23(33)34)21-11-6-12(24)17(18-13(25)4-3-5-16(18)37-2)19(26)20(11)27-7-14(21)30(35)36/h3-7,10,15H,8-9H2,1-2H3,(H,31,32)(H,33,34)/t10-,15-/m1/s1. The minimum atomic E-state index is -1.54. The van der Waals surface area contributed by atoms with Crippen LogP contribution < -0.4 is 9.64 Å². The van der Waals surface area contributed by atoms with Gasteiger partial charge in [0.1, 0.15) is 35.0 Å². The van der Waals surface area contributed by atoms with Crippen LogP contribution in [0.3, 0.4) is 0 Å². The molecule has 1 amide bonds. The Morgan fingerprint density at radius 2 is 1.95 bits per heavy atom. The second-order valence-corrected chi connectivity index (χ2v) is 8.71. The van der Waals surface area contributed by atoms with Gasteiger partial charge in [-0.25, -0.2) is 23.4 Å². The molecule has 0 radical (unpaired) electrons. The lowest BCUT2D eigenvalue weighted by atomic mass is 9.98. The molecule has 194 valence electrons. The van der Waals surface area contributed by atoms with Gasteiger partial charge in [-0.15, -0.1) is 0 Å². The van der Waals surface area contributed by atoms with E-state index in [1.807, 2.05) is 0 Å². The number of carboxylic acid groups (broad SMARTS) is 2. The highest BCUT2D eigenvalue weighted by atomic mass is 35.5. The summed E-state index contributed by atoms with van der Waals surface area (Å²) in [5, 5.41) is 30.7. The normalized spacial score (nSPS) is 17.6. The van der Waals surface area contributed by atoms with Crippen molar-refractivity contribution < 1.29 is 38.2 Å². The van der Waals surface area contributed by atoms with Crippen LogP contribution in [-0.4, -0.2) is 69.4 Å². The van der Waals surface area contributed by atoms with Crippen molar-refractivity contribution in [1.82, 2.24) is 9.88 Å². The zero-order valence-corrected chi connectivity index (χ0v) is 20.1. The van der Waals surface area contributed by atoms with E-state index >= 15 is 4.39 Å². The van der Waals surface area contributed by atoms with E-state index < -0.39 is 64.0 Å². The number of rotatable bonds is 5. The van der Waals surface area contributed by atoms with Crippen molar-refractivity contribution in [3.63, 3.8) is 0 Å². The maximum absolute atomic E-state index is 15.9. The van der Waals surface area contributed by atoms with Crippen molar-refractivity contribution in [3.05, 3.63) is 57.2 Å². The predicted molar refractivity (Wildman–Crippen MR) is 128 cm³/mol. The number of aliphatic carboxylic acids is 1. The number of ether oxygens (including phenoxy) is 1. The first-order valence-corrected chi connectivity index (χ1v) is 11.1. The van der Waals surface area contributed by atoms with E-state index in [0.29, 0.717) is 0 Å². The van der Waals surface area contributed by atoms with E-state index in [9.17, 15) is 34.3 Å². The van der Waals surface area contributed by atoms with Crippen molar-refractivity contribution in [2.75, 3.05) is 25.1 Å². The van der Waals surface area contributed by atoms with Gasteiger partial charge in [0.15, 0.2) is 5.82 Å². The number of pyridine rings is 1. The Hall–Kier alpha value is -4.26. The maximum Gasteiger partial charge on any atom is 0.407 e. The molecule has 0 unspecified atom stereocenters. The number of halogens is 3. The van der Waals surface area contributed by atoms with Crippen LogP contribution in [0.5, 0.6) is 5.75 Å². The van der Waals surface area contributed by atoms with E-state index in [2.05, 4.69) is 4.98 Å². The summed E-state index contributed by atoms with van der Waals surface area (Å²) in [4.78, 5) is 40.7. The molecule has 11 nitrogen and oxygen atoms in total. The summed E-state index contributed by atoms with van der Waals surface area (Å²) in [6.45, 7) is 0.739. The van der Waals surface area contributed by atoms with Gasteiger partial charge in [-0.3, -0.25) is 10.1 Å². The van der Waals surface area contributed by atoms with Gasteiger partial charge in [-0.1, -0.05) is 17.7 Å². The van der Waals surface area contributed by atoms with E-state index in [0.717, 1.165) is 28.1 Å². The second-order valence-electron chi connectivity index (χ2n) is 8.30. The van der Waals surface area contributed by atoms with Gasteiger partial charge in [0, 0.05) is 23.5 Å². The third-order valence-electron chi connectivity index (χ3n) is 6.20. The summed E-state index contributed by atoms with van der Waals surface area (Å²) in [6.07, 6.45) is -0.588. The number of carboxylic acids is 1. The number of nitrogens with zero attached hydrogens (tertiary/aromatic N) is 4. The predicted octanol–water partition coefficient (Wildman–Crippen LogP) is 4.39. The number of amides is 1. The van der Waals surface area contributed by atoms with Gasteiger partial charge in [0.05, 0.1) is 29.2 Å². The third-order valence-corrected chi connectivity index (χ3v) is 6.50. The number of nitro groups is 1. The van der Waals surface area contributed by atoms with E-state index in [1.165, 1.54) is 26.2 Å². The van der Waals surface area contributed by atoms with Crippen molar-refractivity contribution in [2.24, 2.45) is 0 Å². The average molecular weight is 537 g/mol. The Labute approximate surface area is 212 Å². The average Bonchev–Trinajstić information content (AvgIpc) is 2.83. The molecule has 14 heteroatoms. The zero-order valence-electron chi connectivity index (χ0n) is 19.3. The molecule has 0 aliphatic carbocycles. The van der Waals surface area contributed by atoms with Crippen LogP contribution in [0.25, 0.3) is 22.0 Å². The van der Waals surface area contributed by atoms with Crippen molar-refractivity contribution in [1.29, 1.82) is 0 Å². The Balaban J connectivity index is 2.03. The molecule has 37 heavy (non-hydrogen) atoms. The minimum Gasteiger partial charge on any atom is -0.496 e. The first-order valence-electron chi connectivity index (χ1n) is 10.7. The van der Waals surface area contributed by atoms with Crippen LogP contribution in [0, 0.1) is 21.7 Å². The lowest BCUT2D eigenvalue weighted by Gasteiger charge is -2.43. The van der Waals surface area contributed by atoms with Crippen LogP contribution in [0.4, 0.5) is 25.0 Å². The quantitative estimate of drug-likeness (QED) is 0.358. The molecule has 1 saturated heterocycles. The van der Waals surface area contributed by atoms with E-state index in [1.54, 1.807) is 0 Å². The maximum atomic E-state index is 15.9. The zero-order chi connectivity index (χ0) is 27.2. The van der Waals surface area contributed by atoms with Crippen LogP contribution in [0.2, 0.25) is 5.02 Å². The fourth-order valence-electron chi connectivity index (χ4n) is 4.52. The molecule has 0 saturated carbocycles. The molecule has 2 heterocycles. The van der Waals surface area contributed by atoms with Crippen LogP contribution >= 0.6 is 11.6 Å². The summed E-state index contributed by atoms with van der Waals surface area (Å²) in [5.41, 5.74) is -2.05. The van der Waals surface area contributed by atoms with Gasteiger partial charge in [0.2, 0.25) is 0 Å². The molecule has 1 aromatic heterocycles. The highest BCUT2D eigenvalue weighted by Crippen LogP contribution is 2.45. The van der Waals surface area contributed by atoms with Crippen LogP contribution in [0.15, 0.2) is 30.5 Å². The van der Waals surface area contributed by atoms with Crippen molar-refractivity contribution in [3.8, 4) is 16.9 Å². The van der Waals surface area contributed by atoms with Gasteiger partial charge >= 0.3 is 17.7 Å². The number of fused-ring (bicyclic) bond motifs is 1. The molecule has 2 N–H and O–H groups in total. The Kier molecular flexibility index (Phi) is 6.74. The Morgan fingerprint density at radius 3 is 2.54 bits per heavy atom. The second kappa shape index (κ2) is 9.65. The molecular formula is C23H19ClF2N4O7. The number of aromatic nitrogens is 1. The molecule has 4 rings (SSSR count).